The van der Waals surface area contributed by atoms with Crippen molar-refractivity contribution in [2.75, 3.05) is 0 Å². The van der Waals surface area contributed by atoms with E-state index in [1.54, 1.807) is 13.8 Å². The van der Waals surface area contributed by atoms with Gasteiger partial charge in [0.25, 0.3) is 6.20 Å². The average molecular weight is 130 g/mol. The van der Waals surface area contributed by atoms with Crippen molar-refractivity contribution in [2.45, 2.75) is 13.8 Å². The van der Waals surface area contributed by atoms with Gasteiger partial charge in [0, 0.05) is 0 Å². The summed E-state index contributed by atoms with van der Waals surface area (Å²) in [5.41, 5.74) is 5.54. The van der Waals surface area contributed by atoms with Gasteiger partial charge in [0.2, 0.25) is 0 Å². The summed E-state index contributed by atoms with van der Waals surface area (Å²) in [6.45, 7) is 3.60. The van der Waals surface area contributed by atoms with E-state index in [4.69, 9.17) is 5.73 Å². The lowest BCUT2D eigenvalue weighted by Gasteiger charge is -1.98. The monoisotopic (exact) mass is 130 g/mol. The van der Waals surface area contributed by atoms with Crippen LogP contribution in [0.2, 0.25) is 0 Å². The number of hydrogen-bond acceptors (Lipinski definition) is 3. The van der Waals surface area contributed by atoms with Crippen LogP contribution in [0.3, 0.4) is 0 Å². The highest BCUT2D eigenvalue weighted by molar-refractivity contribution is 4.93. The molecule has 0 spiro atoms. The topological polar surface area (TPSA) is 69.2 Å². The molecule has 0 aromatic carbocycles. The van der Waals surface area contributed by atoms with Gasteiger partial charge in [-0.3, -0.25) is 10.1 Å². The Morgan fingerprint density at radius 1 is 1.78 bits per heavy atom. The van der Waals surface area contributed by atoms with Gasteiger partial charge in [0.15, 0.2) is 0 Å². The third-order valence-corrected chi connectivity index (χ3v) is 0.921. The summed E-state index contributed by atoms with van der Waals surface area (Å²) in [4.78, 5) is 9.22. The Hall–Kier alpha value is -1.06. The quantitative estimate of drug-likeness (QED) is 0.442. The molecule has 2 N–H and O–H groups in total. The fourth-order valence-corrected chi connectivity index (χ4v) is 0.271. The Morgan fingerprint density at radius 3 is 2.33 bits per heavy atom. The lowest BCUT2D eigenvalue weighted by Crippen LogP contribution is -2.07. The van der Waals surface area contributed by atoms with Gasteiger partial charge in [-0.05, 0) is 5.92 Å². The Balaban J connectivity index is 4.00. The average Bonchev–Trinajstić information content (AvgIpc) is 1.63. The second kappa shape index (κ2) is 3.06. The molecular formula is C5H10N2O2. The molecule has 0 unspecified atom stereocenters. The molecule has 4 heteroatoms. The molecule has 0 bridgehead atoms. The molecule has 0 atom stereocenters. The smallest absolute Gasteiger partial charge is 0.253 e. The van der Waals surface area contributed by atoms with Crippen LogP contribution in [0, 0.1) is 16.0 Å². The second-order valence-corrected chi connectivity index (χ2v) is 2.07. The molecule has 0 fully saturated rings. The summed E-state index contributed by atoms with van der Waals surface area (Å²) in [5, 5.41) is 9.76. The molecule has 52 valence electrons. The molecule has 0 rings (SSSR count). The molecule has 0 amide bonds. The third-order valence-electron chi connectivity index (χ3n) is 0.921. The van der Waals surface area contributed by atoms with Crippen molar-refractivity contribution in [1.82, 2.24) is 0 Å². The molecule has 9 heavy (non-hydrogen) atoms. The second-order valence-electron chi connectivity index (χ2n) is 2.07. The minimum atomic E-state index is -0.546. The maximum atomic E-state index is 9.76. The van der Waals surface area contributed by atoms with Crippen LogP contribution in [0.5, 0.6) is 0 Å². The van der Waals surface area contributed by atoms with E-state index in [0.29, 0.717) is 5.70 Å². The summed E-state index contributed by atoms with van der Waals surface area (Å²) >= 11 is 0. The van der Waals surface area contributed by atoms with Crippen molar-refractivity contribution >= 4 is 0 Å². The summed E-state index contributed by atoms with van der Waals surface area (Å²) in [7, 11) is 0. The first kappa shape index (κ1) is 7.94. The van der Waals surface area contributed by atoms with Gasteiger partial charge in [-0.2, -0.15) is 0 Å². The standard InChI is InChI=1S/C5H10N2O2/c1-4(2)5(6)3-7(8)9/h3-4H,6H2,1-2H3. The van der Waals surface area contributed by atoms with Crippen molar-refractivity contribution in [3.8, 4) is 0 Å². The van der Waals surface area contributed by atoms with Gasteiger partial charge in [-0.15, -0.1) is 0 Å². The van der Waals surface area contributed by atoms with Crippen LogP contribution in [0.4, 0.5) is 0 Å². The van der Waals surface area contributed by atoms with Crippen molar-refractivity contribution in [2.24, 2.45) is 11.7 Å². The largest absolute Gasteiger partial charge is 0.397 e. The molecule has 0 saturated heterocycles. The van der Waals surface area contributed by atoms with E-state index in [-0.39, 0.29) is 5.92 Å². The van der Waals surface area contributed by atoms with Gasteiger partial charge in [0.1, 0.15) is 0 Å². The first-order valence-corrected chi connectivity index (χ1v) is 2.64. The first-order chi connectivity index (χ1) is 4.04. The number of nitrogens with zero attached hydrogens (tertiary/aromatic N) is 1. The molecule has 0 aromatic rings. The molecule has 4 nitrogen and oxygen atoms in total. The fraction of sp³-hybridized carbons (Fsp3) is 0.600. The predicted molar refractivity (Wildman–Crippen MR) is 34.1 cm³/mol. The fourth-order valence-electron chi connectivity index (χ4n) is 0.271. The summed E-state index contributed by atoms with van der Waals surface area (Å²) in [6.07, 6.45) is 0.824. The Labute approximate surface area is 53.5 Å². The zero-order chi connectivity index (χ0) is 7.44. The highest BCUT2D eigenvalue weighted by Gasteiger charge is 2.00. The molecule has 0 saturated carbocycles. The van der Waals surface area contributed by atoms with E-state index in [1.807, 2.05) is 0 Å². The summed E-state index contributed by atoms with van der Waals surface area (Å²) in [5.74, 6) is 0.0513. The summed E-state index contributed by atoms with van der Waals surface area (Å²) < 4.78 is 0. The zero-order valence-electron chi connectivity index (χ0n) is 5.50. The minimum Gasteiger partial charge on any atom is -0.397 e. The van der Waals surface area contributed by atoms with Crippen molar-refractivity contribution < 1.29 is 4.92 Å². The lowest BCUT2D eigenvalue weighted by molar-refractivity contribution is -0.403. The third kappa shape index (κ3) is 3.52. The van der Waals surface area contributed by atoms with Crippen LogP contribution in [-0.4, -0.2) is 4.92 Å². The van der Waals surface area contributed by atoms with Gasteiger partial charge in [-0.1, -0.05) is 13.8 Å². The van der Waals surface area contributed by atoms with Crippen LogP contribution >= 0.6 is 0 Å². The normalized spacial score (nSPS) is 12.1. The number of rotatable bonds is 2. The Morgan fingerprint density at radius 2 is 2.22 bits per heavy atom. The van der Waals surface area contributed by atoms with Crippen LogP contribution in [0.25, 0.3) is 0 Å². The highest BCUT2D eigenvalue weighted by atomic mass is 16.6. The minimum absolute atomic E-state index is 0.0513. The summed E-state index contributed by atoms with van der Waals surface area (Å²) in [6, 6.07) is 0. The highest BCUT2D eigenvalue weighted by Crippen LogP contribution is 2.00. The predicted octanol–water partition coefficient (Wildman–Crippen LogP) is 0.719. The molecule has 0 aliphatic rings. The van der Waals surface area contributed by atoms with Gasteiger partial charge < -0.3 is 5.73 Å². The maximum absolute atomic E-state index is 9.76. The van der Waals surface area contributed by atoms with E-state index in [0.717, 1.165) is 6.20 Å². The number of hydrogen-bond donors (Lipinski definition) is 1. The SMILES string of the molecule is CC(C)C(N)=C[N+](=O)[O-]. The van der Waals surface area contributed by atoms with Gasteiger partial charge >= 0.3 is 0 Å². The molecular weight excluding hydrogens is 120 g/mol. The Bertz CT molecular complexity index is 140. The first-order valence-electron chi connectivity index (χ1n) is 2.64. The van der Waals surface area contributed by atoms with E-state index in [9.17, 15) is 10.1 Å². The van der Waals surface area contributed by atoms with Gasteiger partial charge in [0.05, 0.1) is 10.6 Å². The van der Waals surface area contributed by atoms with Crippen LogP contribution < -0.4 is 5.73 Å². The molecule has 0 aliphatic carbocycles. The van der Waals surface area contributed by atoms with Crippen LogP contribution in [0.15, 0.2) is 11.9 Å². The van der Waals surface area contributed by atoms with E-state index in [1.165, 1.54) is 0 Å². The van der Waals surface area contributed by atoms with E-state index in [2.05, 4.69) is 0 Å². The maximum Gasteiger partial charge on any atom is 0.253 e. The zero-order valence-corrected chi connectivity index (χ0v) is 5.50. The molecule has 0 aliphatic heterocycles. The number of nitrogens with two attached hydrogens (primary N) is 1. The Kier molecular flexibility index (Phi) is 2.70. The number of nitro groups is 1. The van der Waals surface area contributed by atoms with Crippen molar-refractivity contribution in [3.63, 3.8) is 0 Å². The molecule has 0 aromatic heterocycles. The van der Waals surface area contributed by atoms with Crippen LogP contribution in [-0.2, 0) is 0 Å². The molecule has 0 heterocycles. The number of allylic oxidation sites excluding steroid dienone is 1. The van der Waals surface area contributed by atoms with Crippen molar-refractivity contribution in [1.29, 1.82) is 0 Å². The molecule has 0 radical (unpaired) electrons. The van der Waals surface area contributed by atoms with E-state index < -0.39 is 4.92 Å². The van der Waals surface area contributed by atoms with Crippen LogP contribution in [0.1, 0.15) is 13.8 Å². The van der Waals surface area contributed by atoms with Crippen molar-refractivity contribution in [3.05, 3.63) is 22.0 Å². The van der Waals surface area contributed by atoms with E-state index >= 15 is 0 Å². The van der Waals surface area contributed by atoms with Gasteiger partial charge in [-0.25, -0.2) is 0 Å². The lowest BCUT2D eigenvalue weighted by atomic mass is 10.2.